The molecule has 0 bridgehead atoms. The molecular weight excluding hydrogens is 224 g/mol. The Hall–Kier alpha value is -1.49. The van der Waals surface area contributed by atoms with Gasteiger partial charge >= 0.3 is 0 Å². The van der Waals surface area contributed by atoms with Gasteiger partial charge in [-0.15, -0.1) is 11.3 Å². The molecule has 2 N–H and O–H groups in total. The molecule has 16 heavy (non-hydrogen) atoms. The van der Waals surface area contributed by atoms with Gasteiger partial charge in [0.15, 0.2) is 11.6 Å². The molecule has 0 saturated carbocycles. The highest BCUT2D eigenvalue weighted by molar-refractivity contribution is 7.13. The van der Waals surface area contributed by atoms with E-state index in [1.807, 2.05) is 11.4 Å². The van der Waals surface area contributed by atoms with Crippen LogP contribution in [0.4, 0.5) is 5.82 Å². The van der Waals surface area contributed by atoms with Gasteiger partial charge in [-0.3, -0.25) is 0 Å². The van der Waals surface area contributed by atoms with E-state index in [2.05, 4.69) is 12.1 Å². The van der Waals surface area contributed by atoms with Gasteiger partial charge < -0.3 is 15.0 Å². The lowest BCUT2D eigenvalue weighted by Crippen LogP contribution is -1.91. The fourth-order valence-corrected chi connectivity index (χ4v) is 2.41. The van der Waals surface area contributed by atoms with E-state index < -0.39 is 0 Å². The zero-order valence-corrected chi connectivity index (χ0v) is 10.1. The summed E-state index contributed by atoms with van der Waals surface area (Å²) in [5.41, 5.74) is 6.77. The van der Waals surface area contributed by atoms with Crippen molar-refractivity contribution in [3.63, 3.8) is 0 Å². The molecule has 2 heterocycles. The van der Waals surface area contributed by atoms with Gasteiger partial charge in [0.2, 0.25) is 0 Å². The average molecular weight is 238 g/mol. The van der Waals surface area contributed by atoms with Crippen LogP contribution in [-0.2, 0) is 6.42 Å². The van der Waals surface area contributed by atoms with E-state index in [-0.39, 0.29) is 0 Å². The van der Waals surface area contributed by atoms with Gasteiger partial charge in [0, 0.05) is 17.0 Å². The first kappa shape index (κ1) is 11.0. The summed E-state index contributed by atoms with van der Waals surface area (Å²) in [6.45, 7) is 2.10. The SMILES string of the molecule is CCCc1c(N)noc1-c1cc(OC)cs1. The lowest BCUT2D eigenvalue weighted by molar-refractivity contribution is 0.416. The third kappa shape index (κ3) is 1.90. The quantitative estimate of drug-likeness (QED) is 0.889. The number of ether oxygens (including phenoxy) is 1. The second-order valence-corrected chi connectivity index (χ2v) is 4.39. The second kappa shape index (κ2) is 4.57. The minimum atomic E-state index is 0.490. The lowest BCUT2D eigenvalue weighted by Gasteiger charge is -1.97. The molecule has 2 aromatic heterocycles. The maximum Gasteiger partial charge on any atom is 0.182 e. The molecule has 2 rings (SSSR count). The van der Waals surface area contributed by atoms with E-state index in [9.17, 15) is 0 Å². The summed E-state index contributed by atoms with van der Waals surface area (Å²) in [7, 11) is 1.65. The number of hydrogen-bond acceptors (Lipinski definition) is 5. The standard InChI is InChI=1S/C11H14N2O2S/c1-3-4-8-10(15-13-11(8)12)9-5-7(14-2)6-16-9/h5-6H,3-4H2,1-2H3,(H2,12,13). The van der Waals surface area contributed by atoms with Crippen molar-refractivity contribution >= 4 is 17.2 Å². The third-order valence-corrected chi connectivity index (χ3v) is 3.26. The van der Waals surface area contributed by atoms with Crippen LogP contribution in [0.1, 0.15) is 18.9 Å². The topological polar surface area (TPSA) is 61.3 Å². The fraction of sp³-hybridized carbons (Fsp3) is 0.364. The van der Waals surface area contributed by atoms with Gasteiger partial charge in [0.05, 0.1) is 12.0 Å². The summed E-state index contributed by atoms with van der Waals surface area (Å²) in [5, 5.41) is 5.75. The van der Waals surface area contributed by atoms with Gasteiger partial charge in [0.1, 0.15) is 5.75 Å². The molecular formula is C11H14N2O2S. The van der Waals surface area contributed by atoms with Crippen molar-refractivity contribution < 1.29 is 9.26 Å². The van der Waals surface area contributed by atoms with Crippen molar-refractivity contribution in [2.24, 2.45) is 0 Å². The molecule has 0 amide bonds. The Morgan fingerprint density at radius 1 is 1.56 bits per heavy atom. The van der Waals surface area contributed by atoms with Crippen molar-refractivity contribution in [3.8, 4) is 16.4 Å². The van der Waals surface area contributed by atoms with Crippen LogP contribution in [0.5, 0.6) is 5.75 Å². The number of anilines is 1. The number of nitrogen functional groups attached to an aromatic ring is 1. The number of nitrogens with zero attached hydrogens (tertiary/aromatic N) is 1. The third-order valence-electron chi connectivity index (χ3n) is 2.35. The molecule has 0 atom stereocenters. The van der Waals surface area contributed by atoms with Crippen LogP contribution < -0.4 is 10.5 Å². The first-order chi connectivity index (χ1) is 7.76. The van der Waals surface area contributed by atoms with Gasteiger partial charge in [-0.25, -0.2) is 0 Å². The Bertz CT molecular complexity index is 476. The summed E-state index contributed by atoms with van der Waals surface area (Å²) in [4.78, 5) is 1.00. The molecule has 2 aromatic rings. The average Bonchev–Trinajstić information content (AvgIpc) is 2.87. The summed E-state index contributed by atoms with van der Waals surface area (Å²) in [6.07, 6.45) is 1.89. The maximum atomic E-state index is 5.77. The van der Waals surface area contributed by atoms with E-state index in [1.54, 1.807) is 18.4 Å². The van der Waals surface area contributed by atoms with Crippen molar-refractivity contribution in [1.82, 2.24) is 5.16 Å². The summed E-state index contributed by atoms with van der Waals surface area (Å²) < 4.78 is 10.4. The van der Waals surface area contributed by atoms with Crippen LogP contribution in [0.15, 0.2) is 16.0 Å². The highest BCUT2D eigenvalue weighted by Crippen LogP contribution is 2.35. The smallest absolute Gasteiger partial charge is 0.182 e. The van der Waals surface area contributed by atoms with E-state index in [0.717, 1.165) is 34.8 Å². The molecule has 0 radical (unpaired) electrons. The van der Waals surface area contributed by atoms with Crippen molar-refractivity contribution in [1.29, 1.82) is 0 Å². The highest BCUT2D eigenvalue weighted by Gasteiger charge is 2.16. The molecule has 86 valence electrons. The molecule has 5 heteroatoms. The number of aromatic nitrogens is 1. The van der Waals surface area contributed by atoms with Crippen LogP contribution in [0.3, 0.4) is 0 Å². The molecule has 0 saturated heterocycles. The number of nitrogens with two attached hydrogens (primary N) is 1. The van der Waals surface area contributed by atoms with Crippen molar-refractivity contribution in [2.45, 2.75) is 19.8 Å². The Kier molecular flexibility index (Phi) is 3.14. The second-order valence-electron chi connectivity index (χ2n) is 3.48. The molecule has 0 aliphatic rings. The predicted octanol–water partition coefficient (Wildman–Crippen LogP) is 2.95. The maximum absolute atomic E-state index is 5.77. The first-order valence-corrected chi connectivity index (χ1v) is 6.01. The Morgan fingerprint density at radius 2 is 2.38 bits per heavy atom. The minimum Gasteiger partial charge on any atom is -0.496 e. The predicted molar refractivity (Wildman–Crippen MR) is 64.8 cm³/mol. The van der Waals surface area contributed by atoms with E-state index in [0.29, 0.717) is 5.82 Å². The summed E-state index contributed by atoms with van der Waals surface area (Å²) in [5.74, 6) is 2.09. The minimum absolute atomic E-state index is 0.490. The van der Waals surface area contributed by atoms with Crippen LogP contribution in [0, 0.1) is 0 Å². The van der Waals surface area contributed by atoms with Gasteiger partial charge in [-0.05, 0) is 6.42 Å². The first-order valence-electron chi connectivity index (χ1n) is 5.13. The number of methoxy groups -OCH3 is 1. The van der Waals surface area contributed by atoms with Gasteiger partial charge in [0.25, 0.3) is 0 Å². The van der Waals surface area contributed by atoms with Crippen LogP contribution >= 0.6 is 11.3 Å². The zero-order chi connectivity index (χ0) is 11.5. The molecule has 0 aliphatic carbocycles. The van der Waals surface area contributed by atoms with Gasteiger partial charge in [-0.1, -0.05) is 18.5 Å². The number of hydrogen-bond donors (Lipinski definition) is 1. The summed E-state index contributed by atoms with van der Waals surface area (Å²) in [6, 6.07) is 1.93. The molecule has 0 aliphatic heterocycles. The van der Waals surface area contributed by atoms with E-state index >= 15 is 0 Å². The van der Waals surface area contributed by atoms with Crippen molar-refractivity contribution in [3.05, 3.63) is 17.0 Å². The zero-order valence-electron chi connectivity index (χ0n) is 9.32. The highest BCUT2D eigenvalue weighted by atomic mass is 32.1. The van der Waals surface area contributed by atoms with Crippen LogP contribution in [0.2, 0.25) is 0 Å². The largest absolute Gasteiger partial charge is 0.496 e. The van der Waals surface area contributed by atoms with E-state index in [4.69, 9.17) is 15.0 Å². The number of rotatable bonds is 4. The Labute approximate surface area is 98.0 Å². The number of thiophene rings is 1. The Balaban J connectivity index is 2.39. The molecule has 0 unspecified atom stereocenters. The van der Waals surface area contributed by atoms with Crippen molar-refractivity contribution in [2.75, 3.05) is 12.8 Å². The normalized spacial score (nSPS) is 10.6. The molecule has 4 nitrogen and oxygen atoms in total. The molecule has 0 fully saturated rings. The van der Waals surface area contributed by atoms with Gasteiger partial charge in [-0.2, -0.15) is 0 Å². The summed E-state index contributed by atoms with van der Waals surface area (Å²) >= 11 is 1.57. The Morgan fingerprint density at radius 3 is 3.00 bits per heavy atom. The molecule has 0 aromatic carbocycles. The van der Waals surface area contributed by atoms with E-state index in [1.165, 1.54) is 0 Å². The monoisotopic (exact) mass is 238 g/mol. The fourth-order valence-electron chi connectivity index (χ4n) is 1.55. The van der Waals surface area contributed by atoms with Crippen LogP contribution in [-0.4, -0.2) is 12.3 Å². The molecule has 0 spiro atoms. The lowest BCUT2D eigenvalue weighted by atomic mass is 10.1. The van der Waals surface area contributed by atoms with Crippen LogP contribution in [0.25, 0.3) is 10.6 Å².